The van der Waals surface area contributed by atoms with Gasteiger partial charge in [-0.15, -0.1) is 0 Å². The van der Waals surface area contributed by atoms with Gasteiger partial charge < -0.3 is 9.47 Å². The molecule has 0 saturated heterocycles. The van der Waals surface area contributed by atoms with Crippen LogP contribution in [-0.4, -0.2) is 57.7 Å². The minimum absolute atomic E-state index is 0.935. The minimum Gasteiger partial charge on any atom is -0.467 e. The maximum absolute atomic E-state index is 12.2. The van der Waals surface area contributed by atoms with E-state index in [0.717, 1.165) is 35.0 Å². The Kier molecular flexibility index (Phi) is 9.00. The number of hydrogen-bond donors (Lipinski definition) is 0. The third kappa shape index (κ3) is 7.04. The predicted octanol–water partition coefficient (Wildman–Crippen LogP) is 0.504. The summed E-state index contributed by atoms with van der Waals surface area (Å²) in [4.78, 5) is 22.4. The number of methoxy groups -OCH3 is 2. The number of carbonyl (C=O) groups is 2. The van der Waals surface area contributed by atoms with Gasteiger partial charge in [0.2, 0.25) is 4.11 Å². The Bertz CT molecular complexity index is 672. The lowest BCUT2D eigenvalue weighted by molar-refractivity contribution is -0.147. The molecule has 0 rings (SSSR count). The highest BCUT2D eigenvalue weighted by Gasteiger charge is 2.43. The molecule has 142 valence electrons. The molecule has 0 aliphatic rings. The van der Waals surface area contributed by atoms with Crippen molar-refractivity contribution in [3.8, 4) is 0 Å². The standard InChI is InChI=1S/C10H18IO10PS2/c1-6(8(12)18-4)20-23(14,15)10(2,3)22-24(16,17)21-7(11)9(13)19-5/h6-7,22H,1-5H3. The lowest BCUT2D eigenvalue weighted by Gasteiger charge is -2.25. The molecule has 0 aliphatic heterocycles. The van der Waals surface area contributed by atoms with Crippen molar-refractivity contribution in [1.29, 1.82) is 0 Å². The van der Waals surface area contributed by atoms with E-state index in [1.807, 2.05) is 0 Å². The molecule has 14 heteroatoms. The molecule has 0 aliphatic carbocycles. The van der Waals surface area contributed by atoms with Gasteiger partial charge in [-0.05, 0) is 43.4 Å². The Hall–Kier alpha value is -0.0800. The van der Waals surface area contributed by atoms with Crippen LogP contribution in [-0.2, 0) is 47.3 Å². The first-order valence-corrected chi connectivity index (χ1v) is 11.9. The van der Waals surface area contributed by atoms with E-state index in [0.29, 0.717) is 0 Å². The number of halogens is 1. The molecule has 3 atom stereocenters. The third-order valence-electron chi connectivity index (χ3n) is 2.40. The fraction of sp³-hybridized carbons (Fsp3) is 0.800. The lowest BCUT2D eigenvalue weighted by atomic mass is 10.4. The van der Waals surface area contributed by atoms with Gasteiger partial charge in [0.1, 0.15) is 4.49 Å². The predicted molar refractivity (Wildman–Crippen MR) is 93.7 cm³/mol. The summed E-state index contributed by atoms with van der Waals surface area (Å²) in [6, 6.07) is 0. The molecule has 24 heavy (non-hydrogen) atoms. The smallest absolute Gasteiger partial charge is 0.346 e. The molecule has 0 amide bonds. The van der Waals surface area contributed by atoms with Crippen LogP contribution in [0.2, 0.25) is 0 Å². The summed E-state index contributed by atoms with van der Waals surface area (Å²) in [6.45, 7) is 3.32. The van der Waals surface area contributed by atoms with E-state index < -0.39 is 54.3 Å². The minimum atomic E-state index is -4.48. The SMILES string of the molecule is COC(=O)C(C)OS(=O)(=O)C(C)(C)PS(=O)(=O)OC(I)C(=O)OC. The molecular formula is C10H18IO10PS2. The first-order chi connectivity index (χ1) is 10.7. The van der Waals surface area contributed by atoms with Gasteiger partial charge in [-0.3, -0.25) is 4.18 Å². The highest BCUT2D eigenvalue weighted by Crippen LogP contribution is 2.43. The molecule has 0 N–H and O–H groups in total. The van der Waals surface area contributed by atoms with Crippen LogP contribution in [0.25, 0.3) is 0 Å². The van der Waals surface area contributed by atoms with Crippen molar-refractivity contribution < 1.29 is 44.3 Å². The molecule has 0 bridgehead atoms. The molecule has 0 aromatic rings. The van der Waals surface area contributed by atoms with Crippen LogP contribution in [0.15, 0.2) is 0 Å². The zero-order chi connectivity index (χ0) is 19.3. The number of esters is 2. The summed E-state index contributed by atoms with van der Waals surface area (Å²) in [5.41, 5.74) is 0. The zero-order valence-corrected chi connectivity index (χ0v) is 18.2. The number of carbonyl (C=O) groups excluding carboxylic acids is 2. The monoisotopic (exact) mass is 520 g/mol. The maximum Gasteiger partial charge on any atom is 0.346 e. The van der Waals surface area contributed by atoms with Crippen molar-refractivity contribution in [2.75, 3.05) is 14.2 Å². The highest BCUT2D eigenvalue weighted by atomic mass is 127. The van der Waals surface area contributed by atoms with Crippen LogP contribution in [0, 0.1) is 0 Å². The van der Waals surface area contributed by atoms with Crippen molar-refractivity contribution in [1.82, 2.24) is 0 Å². The molecule has 0 spiro atoms. The zero-order valence-electron chi connectivity index (χ0n) is 13.4. The first kappa shape index (κ1) is 23.9. The second-order valence-corrected chi connectivity index (χ2v) is 13.0. The second-order valence-electron chi connectivity index (χ2n) is 4.72. The summed E-state index contributed by atoms with van der Waals surface area (Å²) in [6.07, 6.45) is -1.44. The van der Waals surface area contributed by atoms with Gasteiger partial charge in [0, 0.05) is 0 Å². The van der Waals surface area contributed by atoms with Crippen molar-refractivity contribution in [3.63, 3.8) is 0 Å². The van der Waals surface area contributed by atoms with Crippen LogP contribution >= 0.6 is 30.4 Å². The normalized spacial score (nSPS) is 15.9. The Morgan fingerprint density at radius 1 is 1.00 bits per heavy atom. The summed E-state index contributed by atoms with van der Waals surface area (Å²) < 4.78 is 62.8. The molecule has 0 fully saturated rings. The van der Waals surface area contributed by atoms with Crippen LogP contribution < -0.4 is 0 Å². The Balaban J connectivity index is 5.24. The number of rotatable bonds is 9. The van der Waals surface area contributed by atoms with E-state index in [9.17, 15) is 26.4 Å². The molecule has 10 nitrogen and oxygen atoms in total. The molecule has 3 unspecified atom stereocenters. The average molecular weight is 520 g/mol. The fourth-order valence-corrected chi connectivity index (χ4v) is 9.08. The van der Waals surface area contributed by atoms with Gasteiger partial charge in [0.05, 0.1) is 22.0 Å². The maximum atomic E-state index is 12.2. The van der Waals surface area contributed by atoms with Crippen molar-refractivity contribution in [3.05, 3.63) is 0 Å². The van der Waals surface area contributed by atoms with E-state index in [1.54, 1.807) is 0 Å². The highest BCUT2D eigenvalue weighted by molar-refractivity contribution is 14.1. The summed E-state index contributed by atoms with van der Waals surface area (Å²) >= 11 is 1.39. The van der Waals surface area contributed by atoms with E-state index >= 15 is 0 Å². The Morgan fingerprint density at radius 2 is 1.46 bits per heavy atom. The summed E-state index contributed by atoms with van der Waals surface area (Å²) in [5, 5.41) is 0. The van der Waals surface area contributed by atoms with Gasteiger partial charge >= 0.3 is 11.9 Å². The third-order valence-corrected chi connectivity index (χ3v) is 10.5. The van der Waals surface area contributed by atoms with Gasteiger partial charge in [0.15, 0.2) is 6.10 Å². The molecule has 0 saturated carbocycles. The number of alkyl halides is 1. The average Bonchev–Trinajstić information content (AvgIpc) is 2.42. The second kappa shape index (κ2) is 9.03. The van der Waals surface area contributed by atoms with Gasteiger partial charge in [-0.2, -0.15) is 16.8 Å². The quantitative estimate of drug-likeness (QED) is 0.139. The van der Waals surface area contributed by atoms with Crippen LogP contribution in [0.4, 0.5) is 0 Å². The summed E-state index contributed by atoms with van der Waals surface area (Å²) in [5.74, 6) is -1.88. The van der Waals surface area contributed by atoms with E-state index in [2.05, 4.69) is 17.8 Å². The Labute approximate surface area is 155 Å². The Morgan fingerprint density at radius 3 is 1.88 bits per heavy atom. The van der Waals surface area contributed by atoms with Crippen LogP contribution in [0.3, 0.4) is 0 Å². The van der Waals surface area contributed by atoms with Crippen LogP contribution in [0.1, 0.15) is 20.8 Å². The van der Waals surface area contributed by atoms with Gasteiger partial charge in [-0.25, -0.2) is 13.8 Å². The fourth-order valence-electron chi connectivity index (χ4n) is 1.13. The molecule has 0 radical (unpaired) electrons. The van der Waals surface area contributed by atoms with Crippen LogP contribution in [0.5, 0.6) is 0 Å². The van der Waals surface area contributed by atoms with Gasteiger partial charge in [0.25, 0.3) is 19.9 Å². The van der Waals surface area contributed by atoms with Crippen molar-refractivity contribution in [2.45, 2.75) is 35.5 Å². The van der Waals surface area contributed by atoms with Crippen molar-refractivity contribution >= 4 is 62.2 Å². The number of hydrogen-bond acceptors (Lipinski definition) is 10. The van der Waals surface area contributed by atoms with E-state index in [4.69, 9.17) is 0 Å². The number of ether oxygens (including phenoxy) is 2. The molecule has 0 heterocycles. The molecule has 0 aromatic carbocycles. The first-order valence-electron chi connectivity index (χ1n) is 6.14. The topological polar surface area (TPSA) is 139 Å². The van der Waals surface area contributed by atoms with E-state index in [1.165, 1.54) is 22.6 Å². The van der Waals surface area contributed by atoms with E-state index in [-0.39, 0.29) is 0 Å². The molecular weight excluding hydrogens is 502 g/mol. The lowest BCUT2D eigenvalue weighted by Crippen LogP contribution is -2.36. The largest absolute Gasteiger partial charge is 0.467 e. The molecule has 0 aromatic heterocycles. The van der Waals surface area contributed by atoms with Crippen molar-refractivity contribution in [2.24, 2.45) is 0 Å². The summed E-state index contributed by atoms with van der Waals surface area (Å²) in [7, 11) is -8.09. The van der Waals surface area contributed by atoms with Gasteiger partial charge in [-0.1, -0.05) is 0 Å².